The molecule has 6 nitrogen and oxygen atoms in total. The van der Waals surface area contributed by atoms with E-state index >= 15 is 0 Å². The van der Waals surface area contributed by atoms with Crippen LogP contribution in [0.15, 0.2) is 24.3 Å². The second-order valence-corrected chi connectivity index (χ2v) is 4.57. The van der Waals surface area contributed by atoms with Crippen molar-refractivity contribution in [2.75, 3.05) is 14.2 Å². The first-order valence-electron chi connectivity index (χ1n) is 6.53. The summed E-state index contributed by atoms with van der Waals surface area (Å²) >= 11 is 0. The SMILES string of the molecule is COC(=O)Oc1c(C)c(C)c(OC(=O)OC)c2ccccc12. The number of carbonyl (C=O) groups excluding carboxylic acids is 2. The molecule has 2 aromatic carbocycles. The van der Waals surface area contributed by atoms with E-state index in [2.05, 4.69) is 9.47 Å². The zero-order valence-electron chi connectivity index (χ0n) is 12.8. The van der Waals surface area contributed by atoms with E-state index in [9.17, 15) is 9.59 Å². The molecule has 2 rings (SSSR count). The number of carbonyl (C=O) groups is 2. The highest BCUT2D eigenvalue weighted by molar-refractivity contribution is 5.97. The van der Waals surface area contributed by atoms with Crippen molar-refractivity contribution in [1.82, 2.24) is 0 Å². The number of ether oxygens (including phenoxy) is 4. The van der Waals surface area contributed by atoms with Gasteiger partial charge in [0.05, 0.1) is 14.2 Å². The fourth-order valence-corrected chi connectivity index (χ4v) is 2.14. The number of hydrogen-bond acceptors (Lipinski definition) is 6. The van der Waals surface area contributed by atoms with Gasteiger partial charge in [-0.15, -0.1) is 0 Å². The van der Waals surface area contributed by atoms with Gasteiger partial charge < -0.3 is 18.9 Å². The molecule has 0 amide bonds. The van der Waals surface area contributed by atoms with Crippen LogP contribution in [0.25, 0.3) is 10.8 Å². The monoisotopic (exact) mass is 304 g/mol. The predicted molar refractivity (Wildman–Crippen MR) is 79.5 cm³/mol. The largest absolute Gasteiger partial charge is 0.513 e. The zero-order valence-corrected chi connectivity index (χ0v) is 12.8. The topological polar surface area (TPSA) is 71.1 Å². The number of rotatable bonds is 2. The summed E-state index contributed by atoms with van der Waals surface area (Å²) in [5.41, 5.74) is 1.34. The first-order chi connectivity index (χ1) is 10.5. The molecule has 0 heterocycles. The molecule has 0 unspecified atom stereocenters. The minimum Gasteiger partial charge on any atom is -0.437 e. The van der Waals surface area contributed by atoms with Crippen LogP contribution in [-0.2, 0) is 9.47 Å². The van der Waals surface area contributed by atoms with Crippen molar-refractivity contribution in [1.29, 1.82) is 0 Å². The fourth-order valence-electron chi connectivity index (χ4n) is 2.14. The van der Waals surface area contributed by atoms with Gasteiger partial charge in [-0.05, 0) is 25.0 Å². The van der Waals surface area contributed by atoms with Gasteiger partial charge >= 0.3 is 12.3 Å². The van der Waals surface area contributed by atoms with Gasteiger partial charge in [-0.25, -0.2) is 9.59 Å². The minimum absolute atomic E-state index is 0.372. The fraction of sp³-hybridized carbons (Fsp3) is 0.250. The Hall–Kier alpha value is -2.76. The molecule has 0 radical (unpaired) electrons. The Kier molecular flexibility index (Phi) is 4.50. The third-order valence-electron chi connectivity index (χ3n) is 3.36. The maximum Gasteiger partial charge on any atom is 0.513 e. The number of fused-ring (bicyclic) bond motifs is 1. The summed E-state index contributed by atoms with van der Waals surface area (Å²) in [6.45, 7) is 3.54. The van der Waals surface area contributed by atoms with Gasteiger partial charge in [0.15, 0.2) is 0 Å². The smallest absolute Gasteiger partial charge is 0.437 e. The van der Waals surface area contributed by atoms with Crippen molar-refractivity contribution in [3.8, 4) is 11.5 Å². The Labute approximate surface area is 127 Å². The summed E-state index contributed by atoms with van der Waals surface area (Å²) in [4.78, 5) is 22.9. The molecule has 0 fully saturated rings. The summed E-state index contributed by atoms with van der Waals surface area (Å²) < 4.78 is 19.6. The lowest BCUT2D eigenvalue weighted by Gasteiger charge is -2.16. The van der Waals surface area contributed by atoms with Crippen molar-refractivity contribution in [2.45, 2.75) is 13.8 Å². The third kappa shape index (κ3) is 2.81. The average molecular weight is 304 g/mol. The highest BCUT2D eigenvalue weighted by Gasteiger charge is 2.20. The highest BCUT2D eigenvalue weighted by Crippen LogP contribution is 2.40. The Balaban J connectivity index is 2.69. The van der Waals surface area contributed by atoms with Crippen LogP contribution in [-0.4, -0.2) is 26.5 Å². The van der Waals surface area contributed by atoms with Crippen LogP contribution < -0.4 is 9.47 Å². The number of hydrogen-bond donors (Lipinski definition) is 0. The highest BCUT2D eigenvalue weighted by atomic mass is 16.7. The van der Waals surface area contributed by atoms with E-state index in [1.807, 2.05) is 0 Å². The maximum absolute atomic E-state index is 11.4. The second kappa shape index (κ2) is 6.34. The van der Waals surface area contributed by atoms with Crippen LogP contribution in [0, 0.1) is 13.8 Å². The van der Waals surface area contributed by atoms with Gasteiger partial charge in [0.25, 0.3) is 0 Å². The molecule has 0 saturated carbocycles. The molecule has 0 saturated heterocycles. The van der Waals surface area contributed by atoms with Gasteiger partial charge in [-0.3, -0.25) is 0 Å². The molecular weight excluding hydrogens is 288 g/mol. The zero-order chi connectivity index (χ0) is 16.3. The van der Waals surface area contributed by atoms with Gasteiger partial charge in [0.1, 0.15) is 11.5 Å². The molecule has 0 aliphatic rings. The van der Waals surface area contributed by atoms with Crippen molar-refractivity contribution < 1.29 is 28.5 Å². The number of benzene rings is 2. The van der Waals surface area contributed by atoms with Gasteiger partial charge in [-0.1, -0.05) is 24.3 Å². The lowest BCUT2D eigenvalue weighted by atomic mass is 9.99. The third-order valence-corrected chi connectivity index (χ3v) is 3.36. The first kappa shape index (κ1) is 15.6. The summed E-state index contributed by atoms with van der Waals surface area (Å²) in [6, 6.07) is 7.13. The predicted octanol–water partition coefficient (Wildman–Crippen LogP) is 3.75. The summed E-state index contributed by atoms with van der Waals surface area (Å²) in [5, 5.41) is 1.27. The van der Waals surface area contributed by atoms with Crippen molar-refractivity contribution in [3.05, 3.63) is 35.4 Å². The summed E-state index contributed by atoms with van der Waals surface area (Å²) in [6.07, 6.45) is -1.62. The van der Waals surface area contributed by atoms with Crippen LogP contribution in [0.1, 0.15) is 11.1 Å². The molecule has 2 aromatic rings. The van der Waals surface area contributed by atoms with Gasteiger partial charge in [-0.2, -0.15) is 0 Å². The molecule has 22 heavy (non-hydrogen) atoms. The maximum atomic E-state index is 11.4. The molecular formula is C16H16O6. The second-order valence-electron chi connectivity index (χ2n) is 4.57. The van der Waals surface area contributed by atoms with Crippen LogP contribution >= 0.6 is 0 Å². The normalized spacial score (nSPS) is 10.2. The minimum atomic E-state index is -0.811. The molecule has 6 heteroatoms. The van der Waals surface area contributed by atoms with E-state index in [0.717, 1.165) is 0 Å². The van der Waals surface area contributed by atoms with Gasteiger partial charge in [0.2, 0.25) is 0 Å². The van der Waals surface area contributed by atoms with Crippen LogP contribution in [0.5, 0.6) is 11.5 Å². The molecule has 0 N–H and O–H groups in total. The first-order valence-corrected chi connectivity index (χ1v) is 6.53. The van der Waals surface area contributed by atoms with Gasteiger partial charge in [0, 0.05) is 10.8 Å². The Morgan fingerprint density at radius 2 is 1.14 bits per heavy atom. The molecule has 0 aliphatic carbocycles. The molecule has 116 valence electrons. The standard InChI is InChI=1S/C16H16O6/c1-9-10(2)14(22-16(18)20-4)12-8-6-5-7-11(12)13(9)21-15(17)19-3/h5-8H,1-4H3. The van der Waals surface area contributed by atoms with E-state index in [0.29, 0.717) is 33.4 Å². The van der Waals surface area contributed by atoms with Crippen molar-refractivity contribution in [2.24, 2.45) is 0 Å². The molecule has 0 atom stereocenters. The van der Waals surface area contributed by atoms with Crippen LogP contribution in [0.4, 0.5) is 9.59 Å². The van der Waals surface area contributed by atoms with E-state index in [1.54, 1.807) is 38.1 Å². The van der Waals surface area contributed by atoms with Crippen LogP contribution in [0.2, 0.25) is 0 Å². The quantitative estimate of drug-likeness (QED) is 0.621. The van der Waals surface area contributed by atoms with E-state index in [1.165, 1.54) is 14.2 Å². The summed E-state index contributed by atoms with van der Waals surface area (Å²) in [7, 11) is 2.48. The molecule has 0 bridgehead atoms. The van der Waals surface area contributed by atoms with Crippen molar-refractivity contribution >= 4 is 23.1 Å². The van der Waals surface area contributed by atoms with Crippen molar-refractivity contribution in [3.63, 3.8) is 0 Å². The lowest BCUT2D eigenvalue weighted by molar-refractivity contribution is 0.119. The lowest BCUT2D eigenvalue weighted by Crippen LogP contribution is -2.12. The molecule has 0 spiro atoms. The molecule has 0 aromatic heterocycles. The van der Waals surface area contributed by atoms with E-state index < -0.39 is 12.3 Å². The Morgan fingerprint density at radius 3 is 1.45 bits per heavy atom. The summed E-state index contributed by atoms with van der Waals surface area (Å²) in [5.74, 6) is 0.745. The Bertz CT molecular complexity index is 672. The van der Waals surface area contributed by atoms with Crippen LogP contribution in [0.3, 0.4) is 0 Å². The number of methoxy groups -OCH3 is 2. The Morgan fingerprint density at radius 1 is 0.773 bits per heavy atom. The van der Waals surface area contributed by atoms with E-state index in [4.69, 9.17) is 9.47 Å². The average Bonchev–Trinajstić information content (AvgIpc) is 2.54. The van der Waals surface area contributed by atoms with E-state index in [-0.39, 0.29) is 0 Å². The molecule has 0 aliphatic heterocycles.